The number of fused-ring (bicyclic) bond motifs is 2. The number of aliphatic imine (C=N–C) groups is 1. The molecule has 0 aliphatic carbocycles. The molecule has 10 nitrogen and oxygen atoms in total. The highest BCUT2D eigenvalue weighted by Crippen LogP contribution is 2.16. The second kappa shape index (κ2) is 11.9. The summed E-state index contributed by atoms with van der Waals surface area (Å²) in [7, 11) is -3.63. The Morgan fingerprint density at radius 3 is 2.71 bits per heavy atom. The lowest BCUT2D eigenvalue weighted by Crippen LogP contribution is -2.30. The van der Waals surface area contributed by atoms with Gasteiger partial charge in [0.05, 0.1) is 4.90 Å². The average Bonchev–Trinajstić information content (AvgIpc) is 2.82. The van der Waals surface area contributed by atoms with E-state index in [2.05, 4.69) is 37.6 Å². The van der Waals surface area contributed by atoms with E-state index in [0.717, 1.165) is 5.57 Å². The molecule has 0 saturated heterocycles. The Morgan fingerprint density at radius 2 is 1.94 bits per heavy atom. The molecule has 0 spiro atoms. The van der Waals surface area contributed by atoms with Crippen molar-refractivity contribution < 1.29 is 13.2 Å². The van der Waals surface area contributed by atoms with Crippen molar-refractivity contribution in [3.8, 4) is 0 Å². The fourth-order valence-corrected chi connectivity index (χ4v) is 4.29. The van der Waals surface area contributed by atoms with Gasteiger partial charge in [-0.05, 0) is 48.7 Å². The van der Waals surface area contributed by atoms with Gasteiger partial charge in [-0.15, -0.1) is 0 Å². The number of anilines is 2. The van der Waals surface area contributed by atoms with E-state index in [9.17, 15) is 13.2 Å². The first-order valence-electron chi connectivity index (χ1n) is 10.8. The summed E-state index contributed by atoms with van der Waals surface area (Å²) in [6.45, 7) is 4.91. The van der Waals surface area contributed by atoms with Crippen LogP contribution in [0.2, 0.25) is 0 Å². The van der Waals surface area contributed by atoms with Gasteiger partial charge in [0, 0.05) is 31.0 Å². The second-order valence-electron chi connectivity index (χ2n) is 7.40. The number of carbonyl (C=O) groups is 1. The molecule has 0 fully saturated rings. The number of nitrogens with two attached hydrogens (primary N) is 1. The average molecular weight is 484 g/mol. The third kappa shape index (κ3) is 7.36. The maximum atomic E-state index is 12.5. The van der Waals surface area contributed by atoms with E-state index in [0.29, 0.717) is 43.1 Å². The van der Waals surface area contributed by atoms with Crippen LogP contribution in [0.15, 0.2) is 88.5 Å². The lowest BCUT2D eigenvalue weighted by molar-refractivity contribution is 0.252. The largest absolute Gasteiger partial charge is 0.370 e. The molecule has 1 aliphatic rings. The number of amides is 2. The Kier molecular flexibility index (Phi) is 8.66. The minimum atomic E-state index is -3.63. The molecule has 34 heavy (non-hydrogen) atoms. The molecule has 2 bridgehead atoms. The number of urea groups is 1. The van der Waals surface area contributed by atoms with Crippen molar-refractivity contribution >= 4 is 33.4 Å². The highest BCUT2D eigenvalue weighted by Gasteiger charge is 2.15. The smallest absolute Gasteiger partial charge is 0.319 e. The first-order valence-corrected chi connectivity index (χ1v) is 12.3. The highest BCUT2D eigenvalue weighted by atomic mass is 32.2. The Balaban J connectivity index is 1.72. The number of guanidine groups is 1. The molecular weight excluding hydrogens is 454 g/mol. The number of sulfonamides is 1. The maximum absolute atomic E-state index is 12.5. The number of nitrogens with one attached hydrogen (secondary N) is 5. The van der Waals surface area contributed by atoms with Gasteiger partial charge in [0.1, 0.15) is 5.82 Å². The lowest BCUT2D eigenvalue weighted by atomic mass is 10.2. The Morgan fingerprint density at radius 1 is 1.15 bits per heavy atom. The number of allylic oxidation sites excluding steroid dienone is 1. The third-order valence-electron chi connectivity index (χ3n) is 4.85. The van der Waals surface area contributed by atoms with Crippen LogP contribution in [0.1, 0.15) is 12.8 Å². The Bertz CT molecular complexity index is 1180. The summed E-state index contributed by atoms with van der Waals surface area (Å²) >= 11 is 0. The Hall–Kier alpha value is -3.83. The molecule has 1 aliphatic heterocycles. The number of nitrogens with zero attached hydrogens (tertiary/aromatic N) is 1. The molecule has 2 aromatic carbocycles. The molecule has 180 valence electrons. The fourth-order valence-electron chi connectivity index (χ4n) is 3.17. The summed E-state index contributed by atoms with van der Waals surface area (Å²) in [5.74, 6) is 0.571. The highest BCUT2D eigenvalue weighted by molar-refractivity contribution is 7.89. The van der Waals surface area contributed by atoms with Crippen LogP contribution in [0.25, 0.3) is 0 Å². The normalized spacial score (nSPS) is 18.8. The van der Waals surface area contributed by atoms with E-state index in [-0.39, 0.29) is 23.4 Å². The molecule has 3 rings (SSSR count). The summed E-state index contributed by atoms with van der Waals surface area (Å²) < 4.78 is 27.5. The van der Waals surface area contributed by atoms with Crippen LogP contribution in [0.5, 0.6) is 0 Å². The van der Waals surface area contributed by atoms with Gasteiger partial charge < -0.3 is 27.0 Å². The van der Waals surface area contributed by atoms with Crippen molar-refractivity contribution in [2.75, 3.05) is 30.3 Å². The quantitative estimate of drug-likeness (QED) is 0.384. The number of hydrogen-bond acceptors (Lipinski definition) is 7. The molecule has 0 atom stereocenters. The first kappa shape index (κ1) is 24.8. The van der Waals surface area contributed by atoms with Gasteiger partial charge in [-0.1, -0.05) is 36.9 Å². The standard InChI is InChI=1S/C23H29N7O3S/c1-2-17(12-15-26-23(31)29-18-8-4-3-5-9-18)21-25-13-7-14-27-34(32,33)20-11-6-10-19(16-20)28-22(24)30-21/h2-6,8-11,16,25,27H,1,7,12-15H2,(H3,24,28,30)(H2,26,29,31)/b21-17+. The molecule has 0 radical (unpaired) electrons. The van der Waals surface area contributed by atoms with Gasteiger partial charge in [0.25, 0.3) is 0 Å². The number of carbonyl (C=O) groups excluding carboxylic acids is 1. The molecule has 2 amide bonds. The summed E-state index contributed by atoms with van der Waals surface area (Å²) in [6, 6.07) is 15.2. The number of rotatable bonds is 5. The maximum Gasteiger partial charge on any atom is 0.319 e. The second-order valence-corrected chi connectivity index (χ2v) is 9.17. The van der Waals surface area contributed by atoms with Crippen molar-refractivity contribution in [2.24, 2.45) is 10.7 Å². The molecular formula is C23H29N7O3S. The van der Waals surface area contributed by atoms with Gasteiger partial charge in [0.2, 0.25) is 10.0 Å². The van der Waals surface area contributed by atoms with E-state index in [1.807, 2.05) is 18.2 Å². The van der Waals surface area contributed by atoms with Crippen LogP contribution in [-0.2, 0) is 10.0 Å². The topological polar surface area (TPSA) is 150 Å². The van der Waals surface area contributed by atoms with E-state index >= 15 is 0 Å². The van der Waals surface area contributed by atoms with Crippen LogP contribution < -0.4 is 31.7 Å². The van der Waals surface area contributed by atoms with Crippen LogP contribution in [0.3, 0.4) is 0 Å². The zero-order chi connectivity index (χ0) is 24.4. The minimum absolute atomic E-state index is 0.0818. The first-order chi connectivity index (χ1) is 16.4. The summed E-state index contributed by atoms with van der Waals surface area (Å²) in [4.78, 5) is 16.7. The predicted molar refractivity (Wildman–Crippen MR) is 135 cm³/mol. The van der Waals surface area contributed by atoms with Crippen LogP contribution in [0, 0.1) is 0 Å². The van der Waals surface area contributed by atoms with Crippen molar-refractivity contribution in [1.82, 2.24) is 15.4 Å². The molecule has 0 aromatic heterocycles. The van der Waals surface area contributed by atoms with Crippen molar-refractivity contribution in [3.05, 3.63) is 78.6 Å². The zero-order valence-electron chi connectivity index (χ0n) is 18.7. The fraction of sp³-hybridized carbons (Fsp3) is 0.217. The molecule has 2 aromatic rings. The number of hydrogen-bond donors (Lipinski definition) is 6. The van der Waals surface area contributed by atoms with E-state index in [4.69, 9.17) is 5.73 Å². The van der Waals surface area contributed by atoms with E-state index in [1.54, 1.807) is 30.3 Å². The molecule has 11 heteroatoms. The Labute approximate surface area is 199 Å². The zero-order valence-corrected chi connectivity index (χ0v) is 19.5. The third-order valence-corrected chi connectivity index (χ3v) is 6.31. The lowest BCUT2D eigenvalue weighted by Gasteiger charge is -2.14. The number of para-hydroxylation sites is 1. The van der Waals surface area contributed by atoms with Crippen molar-refractivity contribution in [2.45, 2.75) is 17.7 Å². The van der Waals surface area contributed by atoms with E-state index in [1.165, 1.54) is 12.1 Å². The van der Waals surface area contributed by atoms with Gasteiger partial charge in [-0.2, -0.15) is 4.99 Å². The van der Waals surface area contributed by atoms with Gasteiger partial charge in [-0.25, -0.2) is 17.9 Å². The number of benzene rings is 2. The minimum Gasteiger partial charge on any atom is -0.370 e. The molecule has 0 saturated carbocycles. The van der Waals surface area contributed by atoms with E-state index < -0.39 is 10.0 Å². The van der Waals surface area contributed by atoms with Gasteiger partial charge in [0.15, 0.2) is 5.96 Å². The predicted octanol–water partition coefficient (Wildman–Crippen LogP) is 2.29. The molecule has 1 heterocycles. The van der Waals surface area contributed by atoms with Gasteiger partial charge in [-0.3, -0.25) is 0 Å². The van der Waals surface area contributed by atoms with Gasteiger partial charge >= 0.3 is 6.03 Å². The van der Waals surface area contributed by atoms with Crippen molar-refractivity contribution in [3.63, 3.8) is 0 Å². The summed E-state index contributed by atoms with van der Waals surface area (Å²) in [6.07, 6.45) is 2.62. The van der Waals surface area contributed by atoms with Crippen molar-refractivity contribution in [1.29, 1.82) is 0 Å². The summed E-state index contributed by atoms with van der Waals surface area (Å²) in [5, 5.41) is 11.7. The van der Waals surface area contributed by atoms with Crippen LogP contribution in [-0.4, -0.2) is 40.0 Å². The van der Waals surface area contributed by atoms with Crippen LogP contribution >= 0.6 is 0 Å². The summed E-state index contributed by atoms with van der Waals surface area (Å²) in [5.41, 5.74) is 8.02. The monoisotopic (exact) mass is 483 g/mol. The molecule has 0 unspecified atom stereocenters. The van der Waals surface area contributed by atoms with Crippen LogP contribution in [0.4, 0.5) is 16.2 Å². The SMILES string of the molecule is C=C/C(CCNC(=O)Nc1ccccc1)=C1\N=C(/N)Nc2cccc(c2)S(=O)(=O)NCCCN1. The molecule has 7 N–H and O–H groups in total.